The van der Waals surface area contributed by atoms with E-state index in [0.29, 0.717) is 17.5 Å². The molecule has 0 unspecified atom stereocenters. The predicted molar refractivity (Wildman–Crippen MR) is 86.9 cm³/mol. The maximum atomic E-state index is 11.8. The van der Waals surface area contributed by atoms with Crippen molar-refractivity contribution in [2.75, 3.05) is 11.9 Å². The molecule has 0 fully saturated rings. The van der Waals surface area contributed by atoms with Crippen LogP contribution in [-0.4, -0.2) is 30.4 Å². The van der Waals surface area contributed by atoms with Crippen molar-refractivity contribution in [3.63, 3.8) is 0 Å². The Hall–Kier alpha value is -2.37. The van der Waals surface area contributed by atoms with Crippen molar-refractivity contribution in [3.8, 4) is 5.75 Å². The molecular weight excluding hydrogens is 298 g/mol. The number of nitrogens with one attached hydrogen (secondary N) is 1. The molecule has 6 heteroatoms. The van der Waals surface area contributed by atoms with Gasteiger partial charge in [-0.2, -0.15) is 0 Å². The number of rotatable bonds is 5. The van der Waals surface area contributed by atoms with Crippen molar-refractivity contribution in [1.29, 1.82) is 0 Å². The Morgan fingerprint density at radius 3 is 2.35 bits per heavy atom. The van der Waals surface area contributed by atoms with Gasteiger partial charge in [-0.25, -0.2) is 0 Å². The number of carbonyl (C=O) groups excluding carboxylic acids is 3. The van der Waals surface area contributed by atoms with Gasteiger partial charge >= 0.3 is 11.9 Å². The molecule has 1 aromatic carbocycles. The fraction of sp³-hybridized carbons (Fsp3) is 0.471. The first-order valence-electron chi connectivity index (χ1n) is 7.28. The average Bonchev–Trinajstić information content (AvgIpc) is 2.39. The lowest BCUT2D eigenvalue weighted by atomic mass is 10.0. The van der Waals surface area contributed by atoms with Crippen LogP contribution in [-0.2, 0) is 14.3 Å². The maximum absolute atomic E-state index is 11.8. The summed E-state index contributed by atoms with van der Waals surface area (Å²) in [4.78, 5) is 34.2. The Balaban J connectivity index is 3.05. The number of hydrogen-bond donors (Lipinski definition) is 1. The third-order valence-corrected chi connectivity index (χ3v) is 2.95. The quantitative estimate of drug-likeness (QED) is 0.510. The van der Waals surface area contributed by atoms with E-state index in [9.17, 15) is 14.4 Å². The molecule has 23 heavy (non-hydrogen) atoms. The molecule has 0 aliphatic rings. The topological polar surface area (TPSA) is 81.7 Å². The summed E-state index contributed by atoms with van der Waals surface area (Å²) in [5.41, 5.74) is 1.72. The monoisotopic (exact) mass is 321 g/mol. The Labute approximate surface area is 136 Å². The van der Waals surface area contributed by atoms with Gasteiger partial charge in [0, 0.05) is 18.2 Å². The maximum Gasteiger partial charge on any atom is 0.325 e. The number of aldehydes is 1. The lowest BCUT2D eigenvalue weighted by molar-refractivity contribution is -0.152. The summed E-state index contributed by atoms with van der Waals surface area (Å²) in [5, 5.41) is 2.99. The molecule has 0 atom stereocenters. The van der Waals surface area contributed by atoms with Crippen molar-refractivity contribution in [3.05, 3.63) is 22.8 Å². The van der Waals surface area contributed by atoms with Crippen LogP contribution in [0.2, 0.25) is 0 Å². The number of hydrogen-bond acceptors (Lipinski definition) is 6. The van der Waals surface area contributed by atoms with Crippen LogP contribution in [0, 0.1) is 13.8 Å². The molecule has 0 radical (unpaired) electrons. The lowest BCUT2D eigenvalue weighted by Crippen LogP contribution is -2.28. The van der Waals surface area contributed by atoms with Gasteiger partial charge in [-0.15, -0.1) is 0 Å². The van der Waals surface area contributed by atoms with E-state index in [-0.39, 0.29) is 17.9 Å². The molecule has 1 N–H and O–H groups in total. The summed E-state index contributed by atoms with van der Waals surface area (Å²) in [5.74, 6) is -0.715. The van der Waals surface area contributed by atoms with Gasteiger partial charge in [0.25, 0.3) is 0 Å². The van der Waals surface area contributed by atoms with Crippen molar-refractivity contribution in [2.24, 2.45) is 0 Å². The summed E-state index contributed by atoms with van der Waals surface area (Å²) in [6, 6.07) is 1.61. The van der Waals surface area contributed by atoms with Gasteiger partial charge in [-0.3, -0.25) is 14.4 Å². The van der Waals surface area contributed by atoms with E-state index in [1.165, 1.54) is 6.92 Å². The zero-order valence-electron chi connectivity index (χ0n) is 14.4. The fourth-order valence-corrected chi connectivity index (χ4v) is 2.17. The Morgan fingerprint density at radius 1 is 1.26 bits per heavy atom. The van der Waals surface area contributed by atoms with E-state index in [4.69, 9.17) is 9.47 Å². The van der Waals surface area contributed by atoms with Crippen molar-refractivity contribution < 1.29 is 23.9 Å². The van der Waals surface area contributed by atoms with Crippen LogP contribution < -0.4 is 10.1 Å². The molecule has 0 amide bonds. The number of aryl methyl sites for hydroxylation is 1. The number of esters is 2. The van der Waals surface area contributed by atoms with Crippen LogP contribution in [0.15, 0.2) is 6.07 Å². The second-order valence-electron chi connectivity index (χ2n) is 6.26. The zero-order chi connectivity index (χ0) is 17.8. The number of anilines is 1. The highest BCUT2D eigenvalue weighted by Gasteiger charge is 2.19. The molecule has 0 saturated carbocycles. The molecule has 0 bridgehead atoms. The highest BCUT2D eigenvalue weighted by atomic mass is 16.6. The van der Waals surface area contributed by atoms with Crippen molar-refractivity contribution in [2.45, 2.75) is 47.1 Å². The number of benzene rings is 1. The van der Waals surface area contributed by atoms with Crippen LogP contribution in [0.3, 0.4) is 0 Å². The molecule has 0 spiro atoms. The van der Waals surface area contributed by atoms with Gasteiger partial charge in [0.05, 0.1) is 5.56 Å². The van der Waals surface area contributed by atoms with Crippen LogP contribution >= 0.6 is 0 Å². The van der Waals surface area contributed by atoms with E-state index in [1.54, 1.807) is 40.7 Å². The fourth-order valence-electron chi connectivity index (χ4n) is 2.17. The average molecular weight is 321 g/mol. The van der Waals surface area contributed by atoms with Crippen molar-refractivity contribution >= 4 is 23.9 Å². The summed E-state index contributed by atoms with van der Waals surface area (Å²) in [6.07, 6.45) is 0.635. The molecule has 0 aliphatic carbocycles. The molecule has 1 rings (SSSR count). The first-order chi connectivity index (χ1) is 10.5. The van der Waals surface area contributed by atoms with Crippen molar-refractivity contribution in [1.82, 2.24) is 0 Å². The van der Waals surface area contributed by atoms with E-state index in [0.717, 1.165) is 5.56 Å². The molecule has 1 aromatic rings. The van der Waals surface area contributed by atoms with E-state index < -0.39 is 17.5 Å². The van der Waals surface area contributed by atoms with Gasteiger partial charge in [0.2, 0.25) is 0 Å². The third-order valence-electron chi connectivity index (χ3n) is 2.95. The standard InChI is InChI=1S/C17H23NO5/c1-10-7-13(9-19)16(22-12(3)20)11(2)15(10)18-8-14(21)23-17(4,5)6/h7,9,18H,8H2,1-6H3. The molecule has 0 heterocycles. The Morgan fingerprint density at radius 2 is 1.87 bits per heavy atom. The van der Waals surface area contributed by atoms with Gasteiger partial charge < -0.3 is 14.8 Å². The second-order valence-corrected chi connectivity index (χ2v) is 6.26. The van der Waals surface area contributed by atoms with Gasteiger partial charge in [-0.05, 0) is 46.2 Å². The third kappa shape index (κ3) is 5.39. The summed E-state index contributed by atoms with van der Waals surface area (Å²) in [6.45, 7) is 10.1. The molecule has 6 nitrogen and oxygen atoms in total. The highest BCUT2D eigenvalue weighted by molar-refractivity contribution is 5.87. The van der Waals surface area contributed by atoms with E-state index in [2.05, 4.69) is 5.32 Å². The molecule has 0 saturated heterocycles. The summed E-state index contributed by atoms with van der Waals surface area (Å²) >= 11 is 0. The minimum absolute atomic E-state index is 0.0289. The Bertz CT molecular complexity index is 629. The first-order valence-corrected chi connectivity index (χ1v) is 7.28. The first kappa shape index (κ1) is 18.7. The zero-order valence-corrected chi connectivity index (χ0v) is 14.4. The number of ether oxygens (including phenoxy) is 2. The molecule has 0 aromatic heterocycles. The predicted octanol–water partition coefficient (Wildman–Crippen LogP) is 2.79. The van der Waals surface area contributed by atoms with Crippen LogP contribution in [0.5, 0.6) is 5.75 Å². The van der Waals surface area contributed by atoms with E-state index in [1.807, 2.05) is 0 Å². The summed E-state index contributed by atoms with van der Waals surface area (Å²) < 4.78 is 10.4. The van der Waals surface area contributed by atoms with Crippen LogP contribution in [0.1, 0.15) is 49.2 Å². The minimum atomic E-state index is -0.562. The van der Waals surface area contributed by atoms with Crippen LogP contribution in [0.4, 0.5) is 5.69 Å². The Kier molecular flexibility index (Phi) is 5.90. The largest absolute Gasteiger partial charge is 0.459 e. The molecular formula is C17H23NO5. The van der Waals surface area contributed by atoms with Gasteiger partial charge in [0.1, 0.15) is 17.9 Å². The van der Waals surface area contributed by atoms with Gasteiger partial charge in [-0.1, -0.05) is 0 Å². The SMILES string of the molecule is CC(=O)Oc1c(C=O)cc(C)c(NCC(=O)OC(C)(C)C)c1C. The molecule has 0 aliphatic heterocycles. The summed E-state index contributed by atoms with van der Waals surface area (Å²) in [7, 11) is 0. The second kappa shape index (κ2) is 7.26. The highest BCUT2D eigenvalue weighted by Crippen LogP contribution is 2.32. The smallest absolute Gasteiger partial charge is 0.325 e. The normalized spacial score (nSPS) is 10.9. The van der Waals surface area contributed by atoms with E-state index >= 15 is 0 Å². The minimum Gasteiger partial charge on any atom is -0.459 e. The van der Waals surface area contributed by atoms with Gasteiger partial charge in [0.15, 0.2) is 6.29 Å². The molecule has 126 valence electrons. The lowest BCUT2D eigenvalue weighted by Gasteiger charge is -2.21. The van der Waals surface area contributed by atoms with Crippen LogP contribution in [0.25, 0.3) is 0 Å². The number of carbonyl (C=O) groups is 3.